The first-order valence-electron chi connectivity index (χ1n) is 3.71. The van der Waals surface area contributed by atoms with Crippen LogP contribution in [0.2, 0.25) is 5.02 Å². The van der Waals surface area contributed by atoms with Gasteiger partial charge in [0, 0.05) is 6.20 Å². The molecule has 76 valence electrons. The number of hydrogen-bond donors (Lipinski definition) is 1. The predicted octanol–water partition coefficient (Wildman–Crippen LogP) is 2.44. The zero-order chi connectivity index (χ0) is 10.7. The summed E-state index contributed by atoms with van der Waals surface area (Å²) in [7, 11) is 0. The summed E-state index contributed by atoms with van der Waals surface area (Å²) in [5, 5.41) is 8.09. The molecular weight excluding hydrogens is 229 g/mol. The van der Waals surface area contributed by atoms with Crippen LogP contribution in [-0.2, 0) is 4.79 Å². The minimum absolute atomic E-state index is 0.0456. The molecule has 1 aromatic rings. The Morgan fingerprint density at radius 1 is 1.79 bits per heavy atom. The first kappa shape index (κ1) is 11.3. The van der Waals surface area contributed by atoms with E-state index >= 15 is 0 Å². The SMILES string of the molecule is CC(Sc1ncc(Cl)cc1F)C(=O)O. The molecule has 0 aliphatic carbocycles. The second-order valence-corrected chi connectivity index (χ2v) is 4.30. The summed E-state index contributed by atoms with van der Waals surface area (Å²) in [5.41, 5.74) is 0. The van der Waals surface area contributed by atoms with Crippen molar-refractivity contribution in [3.63, 3.8) is 0 Å². The van der Waals surface area contributed by atoms with Crippen molar-refractivity contribution in [1.29, 1.82) is 0 Å². The second-order valence-electron chi connectivity index (χ2n) is 2.54. The molecule has 1 heterocycles. The van der Waals surface area contributed by atoms with Gasteiger partial charge in [0.2, 0.25) is 0 Å². The van der Waals surface area contributed by atoms with Gasteiger partial charge in [-0.2, -0.15) is 0 Å². The summed E-state index contributed by atoms with van der Waals surface area (Å²) in [6.07, 6.45) is 1.28. The number of nitrogens with zero attached hydrogens (tertiary/aromatic N) is 1. The van der Waals surface area contributed by atoms with Gasteiger partial charge in [0.1, 0.15) is 10.3 Å². The fraction of sp³-hybridized carbons (Fsp3) is 0.250. The van der Waals surface area contributed by atoms with E-state index < -0.39 is 17.0 Å². The molecule has 1 unspecified atom stereocenters. The van der Waals surface area contributed by atoms with Crippen LogP contribution in [0.5, 0.6) is 0 Å². The van der Waals surface area contributed by atoms with E-state index in [-0.39, 0.29) is 10.0 Å². The summed E-state index contributed by atoms with van der Waals surface area (Å²) >= 11 is 6.33. The van der Waals surface area contributed by atoms with E-state index in [0.717, 1.165) is 17.8 Å². The predicted molar refractivity (Wildman–Crippen MR) is 52.2 cm³/mol. The summed E-state index contributed by atoms with van der Waals surface area (Å²) < 4.78 is 13.1. The number of halogens is 2. The Kier molecular flexibility index (Phi) is 3.71. The van der Waals surface area contributed by atoms with Crippen LogP contribution < -0.4 is 0 Å². The summed E-state index contributed by atoms with van der Waals surface area (Å²) in [5.74, 6) is -1.61. The maximum absolute atomic E-state index is 13.1. The van der Waals surface area contributed by atoms with Gasteiger partial charge >= 0.3 is 5.97 Å². The number of hydrogen-bond acceptors (Lipinski definition) is 3. The Morgan fingerprint density at radius 2 is 2.43 bits per heavy atom. The number of aromatic nitrogens is 1. The maximum atomic E-state index is 13.1. The van der Waals surface area contributed by atoms with Crippen molar-refractivity contribution >= 4 is 29.3 Å². The molecule has 0 spiro atoms. The number of rotatable bonds is 3. The van der Waals surface area contributed by atoms with Crippen LogP contribution in [0.3, 0.4) is 0 Å². The fourth-order valence-electron chi connectivity index (χ4n) is 0.707. The van der Waals surface area contributed by atoms with Gasteiger partial charge in [0.25, 0.3) is 0 Å². The average Bonchev–Trinajstić information content (AvgIpc) is 2.09. The van der Waals surface area contributed by atoms with Crippen molar-refractivity contribution in [2.45, 2.75) is 17.2 Å². The molecule has 14 heavy (non-hydrogen) atoms. The number of carbonyl (C=O) groups is 1. The zero-order valence-corrected chi connectivity index (χ0v) is 8.77. The molecule has 0 bridgehead atoms. The van der Waals surface area contributed by atoms with E-state index in [1.165, 1.54) is 13.1 Å². The summed E-state index contributed by atoms with van der Waals surface area (Å²) in [6, 6.07) is 1.10. The molecule has 6 heteroatoms. The molecule has 1 N–H and O–H groups in total. The minimum atomic E-state index is -1.01. The lowest BCUT2D eigenvalue weighted by molar-refractivity contribution is -0.136. The molecule has 3 nitrogen and oxygen atoms in total. The highest BCUT2D eigenvalue weighted by molar-refractivity contribution is 8.00. The topological polar surface area (TPSA) is 50.2 Å². The molecular formula is C8H7ClFNO2S. The van der Waals surface area contributed by atoms with Gasteiger partial charge in [-0.05, 0) is 13.0 Å². The third kappa shape index (κ3) is 2.85. The number of aliphatic carboxylic acids is 1. The lowest BCUT2D eigenvalue weighted by Gasteiger charge is -2.05. The van der Waals surface area contributed by atoms with Gasteiger partial charge in [-0.25, -0.2) is 9.37 Å². The van der Waals surface area contributed by atoms with E-state index in [1.807, 2.05) is 0 Å². The van der Waals surface area contributed by atoms with Crippen LogP contribution in [0.4, 0.5) is 4.39 Å². The molecule has 1 rings (SSSR count). The first-order chi connectivity index (χ1) is 6.50. The van der Waals surface area contributed by atoms with Crippen molar-refractivity contribution < 1.29 is 14.3 Å². The van der Waals surface area contributed by atoms with Crippen molar-refractivity contribution in [3.8, 4) is 0 Å². The number of pyridine rings is 1. The van der Waals surface area contributed by atoms with Crippen LogP contribution in [0.25, 0.3) is 0 Å². The summed E-state index contributed by atoms with van der Waals surface area (Å²) in [6.45, 7) is 1.46. The van der Waals surface area contributed by atoms with Crippen LogP contribution in [0.1, 0.15) is 6.92 Å². The molecule has 0 radical (unpaired) electrons. The highest BCUT2D eigenvalue weighted by atomic mass is 35.5. The van der Waals surface area contributed by atoms with Crippen molar-refractivity contribution in [2.24, 2.45) is 0 Å². The largest absolute Gasteiger partial charge is 0.480 e. The van der Waals surface area contributed by atoms with E-state index in [9.17, 15) is 9.18 Å². The third-order valence-electron chi connectivity index (χ3n) is 1.41. The maximum Gasteiger partial charge on any atom is 0.316 e. The Hall–Kier alpha value is -0.810. The van der Waals surface area contributed by atoms with E-state index in [0.29, 0.717) is 0 Å². The van der Waals surface area contributed by atoms with E-state index in [1.54, 1.807) is 0 Å². The molecule has 0 amide bonds. The van der Waals surface area contributed by atoms with E-state index in [2.05, 4.69) is 4.98 Å². The number of carboxylic acid groups (broad SMARTS) is 1. The molecule has 0 aliphatic heterocycles. The van der Waals surface area contributed by atoms with Crippen LogP contribution in [0.15, 0.2) is 17.3 Å². The second kappa shape index (κ2) is 4.61. The van der Waals surface area contributed by atoms with Crippen LogP contribution >= 0.6 is 23.4 Å². The molecule has 0 aromatic carbocycles. The average molecular weight is 236 g/mol. The molecule has 1 aromatic heterocycles. The lowest BCUT2D eigenvalue weighted by atomic mass is 10.5. The van der Waals surface area contributed by atoms with Gasteiger partial charge in [-0.3, -0.25) is 4.79 Å². The Balaban J connectivity index is 2.82. The van der Waals surface area contributed by atoms with Gasteiger partial charge < -0.3 is 5.11 Å². The van der Waals surface area contributed by atoms with Gasteiger partial charge in [0.05, 0.1) is 5.02 Å². The minimum Gasteiger partial charge on any atom is -0.480 e. The van der Waals surface area contributed by atoms with Crippen molar-refractivity contribution in [2.75, 3.05) is 0 Å². The highest BCUT2D eigenvalue weighted by Gasteiger charge is 2.16. The fourth-order valence-corrected chi connectivity index (χ4v) is 1.57. The van der Waals surface area contributed by atoms with Gasteiger partial charge in [0.15, 0.2) is 5.82 Å². The van der Waals surface area contributed by atoms with Gasteiger partial charge in [-0.15, -0.1) is 0 Å². The van der Waals surface area contributed by atoms with Gasteiger partial charge in [-0.1, -0.05) is 23.4 Å². The highest BCUT2D eigenvalue weighted by Crippen LogP contribution is 2.25. The molecule has 0 aliphatic rings. The third-order valence-corrected chi connectivity index (χ3v) is 2.70. The van der Waals surface area contributed by atoms with Crippen molar-refractivity contribution in [3.05, 3.63) is 23.1 Å². The van der Waals surface area contributed by atoms with Crippen LogP contribution in [0, 0.1) is 5.82 Å². The molecule has 0 saturated carbocycles. The van der Waals surface area contributed by atoms with Crippen molar-refractivity contribution in [1.82, 2.24) is 4.98 Å². The Bertz CT molecular complexity index is 361. The molecule has 1 atom stereocenters. The van der Waals surface area contributed by atoms with E-state index in [4.69, 9.17) is 16.7 Å². The zero-order valence-electron chi connectivity index (χ0n) is 7.20. The monoisotopic (exact) mass is 235 g/mol. The lowest BCUT2D eigenvalue weighted by Crippen LogP contribution is -2.11. The quantitative estimate of drug-likeness (QED) is 0.818. The Labute approximate surface area is 89.3 Å². The number of thioether (sulfide) groups is 1. The Morgan fingerprint density at radius 3 is 2.93 bits per heavy atom. The normalized spacial score (nSPS) is 12.5. The smallest absolute Gasteiger partial charge is 0.316 e. The van der Waals surface area contributed by atoms with Crippen LogP contribution in [-0.4, -0.2) is 21.3 Å². The molecule has 0 saturated heterocycles. The standard InChI is InChI=1S/C8H7ClFNO2S/c1-4(8(12)13)14-7-6(10)2-5(9)3-11-7/h2-4H,1H3,(H,12,13). The summed E-state index contributed by atoms with van der Waals surface area (Å²) in [4.78, 5) is 14.2. The number of carboxylic acids is 1. The first-order valence-corrected chi connectivity index (χ1v) is 4.97. The molecule has 0 fully saturated rings.